The highest BCUT2D eigenvalue weighted by molar-refractivity contribution is 5.61. The second-order valence-corrected chi connectivity index (χ2v) is 5.55. The number of nitrogens with one attached hydrogen (secondary N) is 2. The molecule has 0 spiro atoms. The van der Waals surface area contributed by atoms with E-state index in [0.29, 0.717) is 6.04 Å². The number of imidazole rings is 1. The molecule has 2 N–H and O–H groups in total. The molecular formula is C16H22N4. The van der Waals surface area contributed by atoms with Crippen LogP contribution in [0.2, 0.25) is 0 Å². The van der Waals surface area contributed by atoms with Crippen LogP contribution < -0.4 is 5.32 Å². The molecule has 20 heavy (non-hydrogen) atoms. The zero-order valence-corrected chi connectivity index (χ0v) is 12.0. The van der Waals surface area contributed by atoms with Gasteiger partial charge >= 0.3 is 0 Å². The Morgan fingerprint density at radius 2 is 2.15 bits per heavy atom. The SMILES string of the molecule is CN1CCCCC1CNc1ccc(-c2cnc[nH]2)cc1. The van der Waals surface area contributed by atoms with Crippen molar-refractivity contribution in [3.63, 3.8) is 0 Å². The van der Waals surface area contributed by atoms with Crippen molar-refractivity contribution in [2.24, 2.45) is 0 Å². The summed E-state index contributed by atoms with van der Waals surface area (Å²) in [4.78, 5) is 9.64. The fourth-order valence-corrected chi connectivity index (χ4v) is 2.82. The van der Waals surface area contributed by atoms with Gasteiger partial charge in [-0.1, -0.05) is 18.6 Å². The lowest BCUT2D eigenvalue weighted by Crippen LogP contribution is -2.40. The van der Waals surface area contributed by atoms with E-state index < -0.39 is 0 Å². The van der Waals surface area contributed by atoms with E-state index in [4.69, 9.17) is 0 Å². The molecule has 0 aliphatic carbocycles. The average molecular weight is 270 g/mol. The van der Waals surface area contributed by atoms with E-state index in [0.717, 1.165) is 12.2 Å². The number of aromatic nitrogens is 2. The molecule has 3 rings (SSSR count). The Morgan fingerprint density at radius 1 is 1.30 bits per heavy atom. The summed E-state index contributed by atoms with van der Waals surface area (Å²) in [5, 5.41) is 3.55. The monoisotopic (exact) mass is 270 g/mol. The maximum atomic E-state index is 4.05. The first kappa shape index (κ1) is 13.2. The summed E-state index contributed by atoms with van der Waals surface area (Å²) in [5.41, 5.74) is 3.42. The number of benzene rings is 1. The lowest BCUT2D eigenvalue weighted by atomic mass is 10.0. The Labute approximate surface area is 120 Å². The van der Waals surface area contributed by atoms with Crippen molar-refractivity contribution in [3.05, 3.63) is 36.8 Å². The molecule has 1 aromatic heterocycles. The fraction of sp³-hybridized carbons (Fsp3) is 0.438. The molecule has 1 fully saturated rings. The smallest absolute Gasteiger partial charge is 0.0924 e. The lowest BCUT2D eigenvalue weighted by molar-refractivity contribution is 0.194. The Hall–Kier alpha value is -1.81. The zero-order valence-electron chi connectivity index (χ0n) is 12.0. The Kier molecular flexibility index (Phi) is 4.02. The molecule has 0 bridgehead atoms. The van der Waals surface area contributed by atoms with Gasteiger partial charge in [0, 0.05) is 18.3 Å². The molecule has 1 aliphatic heterocycles. The largest absolute Gasteiger partial charge is 0.383 e. The first-order valence-corrected chi connectivity index (χ1v) is 7.36. The van der Waals surface area contributed by atoms with Crippen LogP contribution in [-0.2, 0) is 0 Å². The molecule has 106 valence electrons. The van der Waals surface area contributed by atoms with Gasteiger partial charge in [0.25, 0.3) is 0 Å². The van der Waals surface area contributed by atoms with E-state index in [1.807, 2.05) is 6.20 Å². The minimum Gasteiger partial charge on any atom is -0.383 e. The number of H-pyrrole nitrogens is 1. The highest BCUT2D eigenvalue weighted by Crippen LogP contribution is 2.20. The van der Waals surface area contributed by atoms with E-state index >= 15 is 0 Å². The van der Waals surface area contributed by atoms with Crippen LogP contribution >= 0.6 is 0 Å². The van der Waals surface area contributed by atoms with Gasteiger partial charge in [0.2, 0.25) is 0 Å². The molecule has 0 amide bonds. The average Bonchev–Trinajstić information content (AvgIpc) is 3.01. The van der Waals surface area contributed by atoms with Gasteiger partial charge in [-0.25, -0.2) is 4.98 Å². The van der Waals surface area contributed by atoms with Gasteiger partial charge < -0.3 is 15.2 Å². The lowest BCUT2D eigenvalue weighted by Gasteiger charge is -2.32. The molecule has 1 unspecified atom stereocenters. The third-order valence-electron chi connectivity index (χ3n) is 4.16. The quantitative estimate of drug-likeness (QED) is 0.897. The maximum Gasteiger partial charge on any atom is 0.0924 e. The number of nitrogens with zero attached hydrogens (tertiary/aromatic N) is 2. The van der Waals surface area contributed by atoms with E-state index in [2.05, 4.69) is 51.5 Å². The molecule has 1 saturated heterocycles. The van der Waals surface area contributed by atoms with E-state index in [-0.39, 0.29) is 0 Å². The molecule has 0 radical (unpaired) electrons. The van der Waals surface area contributed by atoms with Crippen molar-refractivity contribution in [1.82, 2.24) is 14.9 Å². The summed E-state index contributed by atoms with van der Waals surface area (Å²) in [5.74, 6) is 0. The number of likely N-dealkylation sites (tertiary alicyclic amines) is 1. The summed E-state index contributed by atoms with van der Waals surface area (Å²) in [6, 6.07) is 9.19. The Balaban J connectivity index is 1.58. The predicted molar refractivity (Wildman–Crippen MR) is 82.8 cm³/mol. The number of likely N-dealkylation sites (N-methyl/N-ethyl adjacent to an activating group) is 1. The van der Waals surface area contributed by atoms with Crippen molar-refractivity contribution < 1.29 is 0 Å². The van der Waals surface area contributed by atoms with Gasteiger partial charge in [-0.15, -0.1) is 0 Å². The van der Waals surface area contributed by atoms with E-state index in [1.165, 1.54) is 37.1 Å². The van der Waals surface area contributed by atoms with Crippen LogP contribution in [0.15, 0.2) is 36.8 Å². The number of hydrogen-bond acceptors (Lipinski definition) is 3. The highest BCUT2D eigenvalue weighted by atomic mass is 15.2. The second kappa shape index (κ2) is 6.09. The van der Waals surface area contributed by atoms with Crippen molar-refractivity contribution in [3.8, 4) is 11.3 Å². The Bertz CT molecular complexity index is 518. The molecule has 1 aromatic carbocycles. The van der Waals surface area contributed by atoms with Crippen LogP contribution in [0.4, 0.5) is 5.69 Å². The maximum absolute atomic E-state index is 4.05. The van der Waals surface area contributed by atoms with Gasteiger partial charge in [-0.2, -0.15) is 0 Å². The first-order valence-electron chi connectivity index (χ1n) is 7.36. The van der Waals surface area contributed by atoms with Gasteiger partial charge in [-0.3, -0.25) is 0 Å². The van der Waals surface area contributed by atoms with Crippen LogP contribution in [0.1, 0.15) is 19.3 Å². The van der Waals surface area contributed by atoms with E-state index in [1.54, 1.807) is 6.33 Å². The first-order chi connectivity index (χ1) is 9.83. The van der Waals surface area contributed by atoms with Crippen molar-refractivity contribution >= 4 is 5.69 Å². The van der Waals surface area contributed by atoms with Crippen molar-refractivity contribution in [2.45, 2.75) is 25.3 Å². The molecular weight excluding hydrogens is 248 g/mol. The van der Waals surface area contributed by atoms with Crippen LogP contribution in [-0.4, -0.2) is 41.0 Å². The third kappa shape index (κ3) is 3.02. The minimum absolute atomic E-state index is 0.663. The number of piperidine rings is 1. The predicted octanol–water partition coefficient (Wildman–Crippen LogP) is 2.97. The second-order valence-electron chi connectivity index (χ2n) is 5.55. The number of rotatable bonds is 4. The highest BCUT2D eigenvalue weighted by Gasteiger charge is 2.18. The van der Waals surface area contributed by atoms with Crippen molar-refractivity contribution in [1.29, 1.82) is 0 Å². The molecule has 2 aromatic rings. The normalized spacial score (nSPS) is 19.9. The van der Waals surface area contributed by atoms with Crippen LogP contribution in [0, 0.1) is 0 Å². The van der Waals surface area contributed by atoms with Crippen LogP contribution in [0.3, 0.4) is 0 Å². The Morgan fingerprint density at radius 3 is 2.85 bits per heavy atom. The molecule has 2 heterocycles. The van der Waals surface area contributed by atoms with Gasteiger partial charge in [0.15, 0.2) is 0 Å². The number of hydrogen-bond donors (Lipinski definition) is 2. The number of anilines is 1. The minimum atomic E-state index is 0.663. The van der Waals surface area contributed by atoms with Crippen molar-refractivity contribution in [2.75, 3.05) is 25.5 Å². The zero-order chi connectivity index (χ0) is 13.8. The van der Waals surface area contributed by atoms with Crippen LogP contribution in [0.5, 0.6) is 0 Å². The van der Waals surface area contributed by atoms with Gasteiger partial charge in [-0.05, 0) is 44.1 Å². The van der Waals surface area contributed by atoms with Gasteiger partial charge in [0.05, 0.1) is 18.2 Å². The standard InChI is InChI=1S/C16H22N4/c1-20-9-3-2-4-15(20)10-18-14-7-5-13(6-8-14)16-11-17-12-19-16/h5-8,11-12,15,18H,2-4,9-10H2,1H3,(H,17,19). The van der Waals surface area contributed by atoms with Crippen LogP contribution in [0.25, 0.3) is 11.3 Å². The van der Waals surface area contributed by atoms with Gasteiger partial charge in [0.1, 0.15) is 0 Å². The molecule has 1 aliphatic rings. The molecule has 1 atom stereocenters. The summed E-state index contributed by atoms with van der Waals surface area (Å²) >= 11 is 0. The molecule has 4 nitrogen and oxygen atoms in total. The fourth-order valence-electron chi connectivity index (χ4n) is 2.82. The molecule has 0 saturated carbocycles. The third-order valence-corrected chi connectivity index (χ3v) is 4.16. The summed E-state index contributed by atoms with van der Waals surface area (Å²) in [7, 11) is 2.23. The summed E-state index contributed by atoms with van der Waals surface area (Å²) < 4.78 is 0. The summed E-state index contributed by atoms with van der Waals surface area (Å²) in [6.07, 6.45) is 7.55. The van der Waals surface area contributed by atoms with E-state index in [9.17, 15) is 0 Å². The summed E-state index contributed by atoms with van der Waals surface area (Å²) in [6.45, 7) is 2.25. The molecule has 4 heteroatoms. The number of aromatic amines is 1. The topological polar surface area (TPSA) is 44.0 Å².